The second-order valence-electron chi connectivity index (χ2n) is 5.02. The van der Waals surface area contributed by atoms with E-state index < -0.39 is 0 Å². The van der Waals surface area contributed by atoms with Crippen LogP contribution in [0.15, 0.2) is 36.5 Å². The van der Waals surface area contributed by atoms with Crippen LogP contribution in [0.2, 0.25) is 0 Å². The van der Waals surface area contributed by atoms with Crippen molar-refractivity contribution in [1.29, 1.82) is 0 Å². The molecule has 3 rings (SSSR count). The molecule has 3 unspecified atom stereocenters. The number of hydrazine groups is 1. The van der Waals surface area contributed by atoms with Crippen LogP contribution in [0.3, 0.4) is 0 Å². The highest BCUT2D eigenvalue weighted by Gasteiger charge is 2.31. The molecular weight excluding hydrogens is 286 g/mol. The summed E-state index contributed by atoms with van der Waals surface area (Å²) in [5, 5.41) is 2.26. The number of hydrogen-bond donors (Lipinski definition) is 2. The lowest BCUT2D eigenvalue weighted by molar-refractivity contribution is 0.526. The number of rotatable bonds is 3. The molecule has 1 aromatic carbocycles. The molecule has 2 aromatic rings. The number of pyridine rings is 1. The Labute approximate surface area is 128 Å². The van der Waals surface area contributed by atoms with Crippen LogP contribution in [0.4, 0.5) is 0 Å². The predicted molar refractivity (Wildman–Crippen MR) is 90.0 cm³/mol. The molecule has 2 heterocycles. The van der Waals surface area contributed by atoms with Gasteiger partial charge in [-0.15, -0.1) is 0 Å². The fraction of sp³-hybridized carbons (Fsp3) is 0.400. The summed E-state index contributed by atoms with van der Waals surface area (Å²) >= 11 is 4.04. The van der Waals surface area contributed by atoms with Crippen LogP contribution >= 0.6 is 23.5 Å². The third kappa shape index (κ3) is 2.81. The quantitative estimate of drug-likeness (QED) is 0.674. The lowest BCUT2D eigenvalue weighted by Gasteiger charge is -2.34. The van der Waals surface area contributed by atoms with E-state index in [1.165, 1.54) is 22.5 Å². The highest BCUT2D eigenvalue weighted by Crippen LogP contribution is 2.38. The van der Waals surface area contributed by atoms with Crippen molar-refractivity contribution in [3.8, 4) is 0 Å². The first-order valence-corrected chi connectivity index (χ1v) is 8.93. The van der Waals surface area contributed by atoms with E-state index in [9.17, 15) is 0 Å². The molecule has 1 fully saturated rings. The summed E-state index contributed by atoms with van der Waals surface area (Å²) in [5.74, 6) is 8.27. The van der Waals surface area contributed by atoms with Gasteiger partial charge in [-0.2, -0.15) is 23.5 Å². The number of fused-ring (bicyclic) bond motifs is 1. The van der Waals surface area contributed by atoms with Crippen LogP contribution in [-0.4, -0.2) is 27.0 Å². The zero-order chi connectivity index (χ0) is 13.9. The first-order valence-electron chi connectivity index (χ1n) is 6.83. The van der Waals surface area contributed by atoms with E-state index in [1.54, 1.807) is 0 Å². The van der Waals surface area contributed by atoms with E-state index in [-0.39, 0.29) is 6.04 Å². The SMILES string of the molecule is CC1SCCSC1C(NN)c1cnc2ccccc2c1. The number of nitrogens with two attached hydrogens (primary N) is 1. The van der Waals surface area contributed by atoms with Gasteiger partial charge in [-0.05, 0) is 17.7 Å². The number of benzene rings is 1. The third-order valence-electron chi connectivity index (χ3n) is 3.72. The van der Waals surface area contributed by atoms with Gasteiger partial charge in [0.1, 0.15) is 0 Å². The van der Waals surface area contributed by atoms with E-state index in [4.69, 9.17) is 5.84 Å². The van der Waals surface area contributed by atoms with Gasteiger partial charge in [0.15, 0.2) is 0 Å². The molecule has 0 aliphatic carbocycles. The van der Waals surface area contributed by atoms with Crippen LogP contribution in [0.25, 0.3) is 10.9 Å². The molecule has 3 nitrogen and oxygen atoms in total. The lowest BCUT2D eigenvalue weighted by Crippen LogP contribution is -2.41. The lowest BCUT2D eigenvalue weighted by atomic mass is 10.0. The van der Waals surface area contributed by atoms with Gasteiger partial charge in [0, 0.05) is 33.6 Å². The molecule has 3 N–H and O–H groups in total. The number of hydrogen-bond acceptors (Lipinski definition) is 5. The molecule has 1 aromatic heterocycles. The summed E-state index contributed by atoms with van der Waals surface area (Å²) in [4.78, 5) is 4.56. The molecule has 20 heavy (non-hydrogen) atoms. The van der Waals surface area contributed by atoms with E-state index in [0.29, 0.717) is 10.5 Å². The molecule has 0 bridgehead atoms. The van der Waals surface area contributed by atoms with Crippen molar-refractivity contribution < 1.29 is 0 Å². The minimum Gasteiger partial charge on any atom is -0.271 e. The van der Waals surface area contributed by atoms with Gasteiger partial charge < -0.3 is 0 Å². The number of para-hydroxylation sites is 1. The molecule has 0 radical (unpaired) electrons. The Bertz CT molecular complexity index is 590. The minimum atomic E-state index is 0.153. The average Bonchev–Trinajstić information content (AvgIpc) is 2.50. The van der Waals surface area contributed by atoms with Crippen molar-refractivity contribution in [2.24, 2.45) is 5.84 Å². The third-order valence-corrected chi connectivity index (χ3v) is 6.91. The monoisotopic (exact) mass is 305 g/mol. The van der Waals surface area contributed by atoms with Crippen LogP contribution in [-0.2, 0) is 0 Å². The van der Waals surface area contributed by atoms with Crippen LogP contribution in [0.1, 0.15) is 18.5 Å². The van der Waals surface area contributed by atoms with Gasteiger partial charge >= 0.3 is 0 Å². The average molecular weight is 305 g/mol. The van der Waals surface area contributed by atoms with Crippen molar-refractivity contribution in [1.82, 2.24) is 10.4 Å². The second kappa shape index (κ2) is 6.35. The van der Waals surface area contributed by atoms with E-state index in [2.05, 4.69) is 29.5 Å². The molecule has 0 amide bonds. The largest absolute Gasteiger partial charge is 0.271 e. The normalized spacial score (nSPS) is 24.7. The highest BCUT2D eigenvalue weighted by molar-refractivity contribution is 8.07. The van der Waals surface area contributed by atoms with Gasteiger partial charge in [0.2, 0.25) is 0 Å². The maximum atomic E-state index is 5.84. The fourth-order valence-electron chi connectivity index (χ4n) is 2.65. The number of thioether (sulfide) groups is 2. The first kappa shape index (κ1) is 14.2. The van der Waals surface area contributed by atoms with Crippen molar-refractivity contribution in [3.05, 3.63) is 42.1 Å². The summed E-state index contributed by atoms with van der Waals surface area (Å²) in [6.07, 6.45) is 1.96. The minimum absolute atomic E-state index is 0.153. The Morgan fingerprint density at radius 3 is 2.90 bits per heavy atom. The smallest absolute Gasteiger partial charge is 0.0702 e. The second-order valence-corrected chi connectivity index (χ2v) is 7.79. The highest BCUT2D eigenvalue weighted by atomic mass is 32.2. The van der Waals surface area contributed by atoms with Crippen molar-refractivity contribution in [2.45, 2.75) is 23.5 Å². The number of aromatic nitrogens is 1. The molecule has 5 heteroatoms. The van der Waals surface area contributed by atoms with Crippen LogP contribution < -0.4 is 11.3 Å². The summed E-state index contributed by atoms with van der Waals surface area (Å²) in [6.45, 7) is 2.29. The predicted octanol–water partition coefficient (Wildman–Crippen LogP) is 2.98. The molecule has 1 aliphatic heterocycles. The molecular formula is C15H19N3S2. The summed E-state index contributed by atoms with van der Waals surface area (Å²) in [7, 11) is 0. The van der Waals surface area contributed by atoms with Crippen molar-refractivity contribution in [2.75, 3.05) is 11.5 Å². The Balaban J connectivity index is 1.93. The maximum absolute atomic E-state index is 5.84. The molecule has 106 valence electrons. The zero-order valence-electron chi connectivity index (χ0n) is 11.5. The molecule has 0 saturated carbocycles. The Hall–Kier alpha value is -0.750. The number of nitrogens with one attached hydrogen (secondary N) is 1. The van der Waals surface area contributed by atoms with Crippen molar-refractivity contribution >= 4 is 34.4 Å². The summed E-state index contributed by atoms with van der Waals surface area (Å²) < 4.78 is 0. The van der Waals surface area contributed by atoms with Crippen molar-refractivity contribution in [3.63, 3.8) is 0 Å². The van der Waals surface area contributed by atoms with E-state index in [0.717, 1.165) is 5.52 Å². The molecule has 3 atom stereocenters. The van der Waals surface area contributed by atoms with Crippen LogP contribution in [0.5, 0.6) is 0 Å². The van der Waals surface area contributed by atoms with Gasteiger partial charge in [0.25, 0.3) is 0 Å². The van der Waals surface area contributed by atoms with Gasteiger partial charge in [0.05, 0.1) is 11.6 Å². The van der Waals surface area contributed by atoms with Gasteiger partial charge in [-0.25, -0.2) is 0 Å². The standard InChI is InChI=1S/C15H19N3S2/c1-10-15(20-7-6-19-10)14(18-16)12-8-11-4-2-3-5-13(11)17-9-12/h2-5,8-10,14-15,18H,6-7,16H2,1H3. The summed E-state index contributed by atoms with van der Waals surface area (Å²) in [5.41, 5.74) is 5.22. The summed E-state index contributed by atoms with van der Waals surface area (Å²) in [6, 6.07) is 10.6. The Kier molecular flexibility index (Phi) is 4.51. The van der Waals surface area contributed by atoms with E-state index in [1.807, 2.05) is 47.9 Å². The fourth-order valence-corrected chi connectivity index (χ4v) is 5.59. The molecule has 0 spiro atoms. The Morgan fingerprint density at radius 2 is 2.10 bits per heavy atom. The molecule has 1 aliphatic rings. The maximum Gasteiger partial charge on any atom is 0.0702 e. The zero-order valence-corrected chi connectivity index (χ0v) is 13.1. The molecule has 1 saturated heterocycles. The first-order chi connectivity index (χ1) is 9.79. The van der Waals surface area contributed by atoms with Gasteiger partial charge in [-0.1, -0.05) is 25.1 Å². The van der Waals surface area contributed by atoms with E-state index >= 15 is 0 Å². The topological polar surface area (TPSA) is 50.9 Å². The van der Waals surface area contributed by atoms with Gasteiger partial charge in [-0.3, -0.25) is 16.3 Å². The Morgan fingerprint density at radius 1 is 1.30 bits per heavy atom. The van der Waals surface area contributed by atoms with Crippen LogP contribution in [0, 0.1) is 0 Å². The number of nitrogens with zero attached hydrogens (tertiary/aromatic N) is 1.